The summed E-state index contributed by atoms with van der Waals surface area (Å²) >= 11 is 0. The number of aldehydes is 2. The Morgan fingerprint density at radius 2 is 1.44 bits per heavy atom. The van der Waals surface area contributed by atoms with Gasteiger partial charge in [-0.25, -0.2) is 0 Å². The number of methoxy groups -OCH3 is 2. The van der Waals surface area contributed by atoms with E-state index in [1.54, 1.807) is 30.3 Å². The molecule has 0 aliphatic heterocycles. The van der Waals surface area contributed by atoms with Crippen molar-refractivity contribution in [2.75, 3.05) is 14.2 Å². The molecule has 0 spiro atoms. The Kier molecular flexibility index (Phi) is 7.65. The second-order valence-corrected chi connectivity index (χ2v) is 4.61. The second-order valence-electron chi connectivity index (χ2n) is 4.61. The first-order valence-electron chi connectivity index (χ1n) is 7.10. The molecule has 1 N–H and O–H groups in total. The largest absolute Gasteiger partial charge is 0.504 e. The Balaban J connectivity index is 0.000000257. The van der Waals surface area contributed by atoms with Crippen molar-refractivity contribution >= 4 is 18.5 Å². The van der Waals surface area contributed by atoms with Crippen LogP contribution in [0.1, 0.15) is 27.6 Å². The van der Waals surface area contributed by atoms with Gasteiger partial charge < -0.3 is 19.3 Å². The number of para-hydroxylation sites is 2. The molecule has 0 heterocycles. The van der Waals surface area contributed by atoms with Gasteiger partial charge in [-0.1, -0.05) is 12.1 Å². The molecular formula is C18H18O7. The molecule has 7 heteroatoms. The molecule has 2 aromatic rings. The molecule has 0 radical (unpaired) electrons. The summed E-state index contributed by atoms with van der Waals surface area (Å²) in [7, 11) is 2.88. The number of phenolic OH excluding ortho intramolecular Hbond substituents is 1. The number of ether oxygens (including phenoxy) is 3. The predicted octanol–water partition coefficient (Wildman–Crippen LogP) is 2.65. The molecule has 7 nitrogen and oxygen atoms in total. The molecular weight excluding hydrogens is 328 g/mol. The summed E-state index contributed by atoms with van der Waals surface area (Å²) in [6.45, 7) is 1.26. The molecule has 2 rings (SSSR count). The van der Waals surface area contributed by atoms with E-state index in [1.807, 2.05) is 0 Å². The van der Waals surface area contributed by atoms with Crippen LogP contribution in [0.15, 0.2) is 36.4 Å². The third-order valence-electron chi connectivity index (χ3n) is 2.98. The number of rotatable bonds is 5. The number of phenols is 1. The average molecular weight is 346 g/mol. The highest BCUT2D eigenvalue weighted by Gasteiger charge is 2.11. The minimum Gasteiger partial charge on any atom is -0.504 e. The van der Waals surface area contributed by atoms with Crippen molar-refractivity contribution in [1.29, 1.82) is 0 Å². The Morgan fingerprint density at radius 3 is 1.92 bits per heavy atom. The maximum Gasteiger partial charge on any atom is 0.308 e. The van der Waals surface area contributed by atoms with Crippen LogP contribution >= 0.6 is 0 Å². The van der Waals surface area contributed by atoms with Crippen molar-refractivity contribution in [3.8, 4) is 23.0 Å². The normalized spacial score (nSPS) is 9.24. The van der Waals surface area contributed by atoms with Crippen molar-refractivity contribution < 1.29 is 33.7 Å². The Morgan fingerprint density at radius 1 is 0.920 bits per heavy atom. The van der Waals surface area contributed by atoms with Crippen LogP contribution in [0, 0.1) is 0 Å². The predicted molar refractivity (Wildman–Crippen MR) is 89.7 cm³/mol. The first-order chi connectivity index (χ1) is 12.0. The average Bonchev–Trinajstić information content (AvgIpc) is 2.62. The molecule has 0 aliphatic rings. The molecule has 0 saturated carbocycles. The van der Waals surface area contributed by atoms with E-state index in [-0.39, 0.29) is 17.1 Å². The van der Waals surface area contributed by atoms with Gasteiger partial charge in [-0.15, -0.1) is 0 Å². The van der Waals surface area contributed by atoms with Gasteiger partial charge in [0.1, 0.15) is 0 Å². The van der Waals surface area contributed by atoms with Gasteiger partial charge in [0.2, 0.25) is 0 Å². The molecule has 0 saturated heterocycles. The summed E-state index contributed by atoms with van der Waals surface area (Å²) in [5, 5.41) is 9.23. The molecule has 0 bridgehead atoms. The van der Waals surface area contributed by atoms with Gasteiger partial charge in [-0.3, -0.25) is 14.4 Å². The summed E-state index contributed by atoms with van der Waals surface area (Å²) in [6, 6.07) is 9.56. The number of carbonyl (C=O) groups is 3. The van der Waals surface area contributed by atoms with Crippen LogP contribution in [0.25, 0.3) is 0 Å². The lowest BCUT2D eigenvalue weighted by Gasteiger charge is -2.08. The van der Waals surface area contributed by atoms with Crippen LogP contribution < -0.4 is 14.2 Å². The van der Waals surface area contributed by atoms with Crippen molar-refractivity contribution in [3.05, 3.63) is 47.5 Å². The van der Waals surface area contributed by atoms with E-state index in [4.69, 9.17) is 14.2 Å². The maximum absolute atomic E-state index is 10.8. The number of carbonyl (C=O) groups excluding carboxylic acids is 3. The fourth-order valence-corrected chi connectivity index (χ4v) is 1.84. The molecule has 25 heavy (non-hydrogen) atoms. The zero-order valence-electron chi connectivity index (χ0n) is 14.0. The summed E-state index contributed by atoms with van der Waals surface area (Å²) in [6.07, 6.45) is 1.19. The molecule has 132 valence electrons. The number of esters is 1. The van der Waals surface area contributed by atoms with Crippen molar-refractivity contribution in [2.24, 2.45) is 0 Å². The van der Waals surface area contributed by atoms with Crippen LogP contribution in [0.2, 0.25) is 0 Å². The SMILES string of the molecule is COc1cccc(C=O)c1O.COc1cccc(C=O)c1OC(C)=O. The lowest BCUT2D eigenvalue weighted by atomic mass is 10.2. The summed E-state index contributed by atoms with van der Waals surface area (Å²) in [5.74, 6) is 0.250. The monoisotopic (exact) mass is 346 g/mol. The Bertz CT molecular complexity index is 753. The van der Waals surface area contributed by atoms with Crippen LogP contribution in [-0.2, 0) is 4.79 Å². The molecule has 0 amide bonds. The van der Waals surface area contributed by atoms with Crippen LogP contribution in [-0.4, -0.2) is 37.9 Å². The van der Waals surface area contributed by atoms with Gasteiger partial charge in [0.05, 0.1) is 25.3 Å². The second kappa shape index (κ2) is 9.71. The molecule has 2 aromatic carbocycles. The van der Waals surface area contributed by atoms with Gasteiger partial charge in [0.15, 0.2) is 35.6 Å². The van der Waals surface area contributed by atoms with E-state index in [1.165, 1.54) is 27.2 Å². The zero-order valence-corrected chi connectivity index (χ0v) is 14.0. The maximum atomic E-state index is 10.8. The molecule has 0 aliphatic carbocycles. The van der Waals surface area contributed by atoms with E-state index in [0.717, 1.165) is 0 Å². The summed E-state index contributed by atoms with van der Waals surface area (Å²) in [4.78, 5) is 31.7. The van der Waals surface area contributed by atoms with Crippen molar-refractivity contribution in [3.63, 3.8) is 0 Å². The van der Waals surface area contributed by atoms with Gasteiger partial charge in [0, 0.05) is 6.92 Å². The molecule has 0 atom stereocenters. The molecule has 0 fully saturated rings. The highest BCUT2D eigenvalue weighted by Crippen LogP contribution is 2.30. The highest BCUT2D eigenvalue weighted by atomic mass is 16.6. The van der Waals surface area contributed by atoms with E-state index in [9.17, 15) is 19.5 Å². The first kappa shape index (κ1) is 19.7. The van der Waals surface area contributed by atoms with Gasteiger partial charge in [0.25, 0.3) is 0 Å². The standard InChI is InChI=1S/C10H10O4.C8H8O3/c1-7(12)14-10-8(6-11)4-3-5-9(10)13-2;1-11-7-4-2-3-6(5-9)8(7)10/h3-6H,1-2H3;2-5,10H,1H3. The zero-order chi connectivity index (χ0) is 18.8. The molecule has 0 aromatic heterocycles. The van der Waals surface area contributed by atoms with E-state index in [0.29, 0.717) is 29.6 Å². The van der Waals surface area contributed by atoms with Crippen molar-refractivity contribution in [2.45, 2.75) is 6.92 Å². The first-order valence-corrected chi connectivity index (χ1v) is 7.10. The van der Waals surface area contributed by atoms with Crippen LogP contribution in [0.4, 0.5) is 0 Å². The van der Waals surface area contributed by atoms with E-state index in [2.05, 4.69) is 0 Å². The Hall–Kier alpha value is -3.35. The minimum absolute atomic E-state index is 0.106. The number of benzene rings is 2. The molecule has 0 unspecified atom stereocenters. The lowest BCUT2D eigenvalue weighted by Crippen LogP contribution is -2.05. The Labute approximate surface area is 144 Å². The summed E-state index contributed by atoms with van der Waals surface area (Å²) < 4.78 is 14.6. The lowest BCUT2D eigenvalue weighted by molar-refractivity contribution is -0.132. The topological polar surface area (TPSA) is 99.1 Å². The smallest absolute Gasteiger partial charge is 0.308 e. The van der Waals surface area contributed by atoms with Gasteiger partial charge >= 0.3 is 5.97 Å². The fraction of sp³-hybridized carbons (Fsp3) is 0.167. The van der Waals surface area contributed by atoms with Crippen molar-refractivity contribution in [1.82, 2.24) is 0 Å². The highest BCUT2D eigenvalue weighted by molar-refractivity contribution is 5.84. The quantitative estimate of drug-likeness (QED) is 0.505. The minimum atomic E-state index is -0.488. The van der Waals surface area contributed by atoms with Crippen LogP contribution in [0.5, 0.6) is 23.0 Å². The fourth-order valence-electron chi connectivity index (χ4n) is 1.84. The number of aromatic hydroxyl groups is 1. The van der Waals surface area contributed by atoms with Gasteiger partial charge in [-0.05, 0) is 24.3 Å². The third kappa shape index (κ3) is 5.35. The van der Waals surface area contributed by atoms with E-state index >= 15 is 0 Å². The third-order valence-corrected chi connectivity index (χ3v) is 2.98. The van der Waals surface area contributed by atoms with E-state index < -0.39 is 5.97 Å². The number of hydrogen-bond acceptors (Lipinski definition) is 7. The van der Waals surface area contributed by atoms with Crippen LogP contribution in [0.3, 0.4) is 0 Å². The van der Waals surface area contributed by atoms with Gasteiger partial charge in [-0.2, -0.15) is 0 Å². The number of hydrogen-bond donors (Lipinski definition) is 1. The summed E-state index contributed by atoms with van der Waals surface area (Å²) in [5.41, 5.74) is 0.531.